The molecule has 0 saturated heterocycles. The normalized spacial score (nSPS) is 10.6. The molecule has 18 heavy (non-hydrogen) atoms. The molecule has 0 atom stereocenters. The molecule has 2 aromatic rings. The third-order valence-corrected chi connectivity index (χ3v) is 3.72. The summed E-state index contributed by atoms with van der Waals surface area (Å²) >= 11 is 3.41. The summed E-state index contributed by atoms with van der Waals surface area (Å²) in [5.41, 5.74) is 7.36. The molecule has 0 amide bonds. The van der Waals surface area contributed by atoms with E-state index in [9.17, 15) is 4.79 Å². The van der Waals surface area contributed by atoms with E-state index >= 15 is 0 Å². The third kappa shape index (κ3) is 1.97. The average molecular weight is 311 g/mol. The van der Waals surface area contributed by atoms with Crippen LogP contribution in [0.15, 0.2) is 16.7 Å². The molecular formula is C11H11BrN4O2. The fraction of sp³-hybridized carbons (Fsp3) is 0.182. The maximum absolute atomic E-state index is 11.0. The molecule has 0 spiro atoms. The Labute approximate surface area is 112 Å². The average Bonchev–Trinajstić information content (AvgIpc) is 2.57. The monoisotopic (exact) mass is 310 g/mol. The summed E-state index contributed by atoms with van der Waals surface area (Å²) in [5, 5.41) is 13.3. The van der Waals surface area contributed by atoms with Crippen LogP contribution in [0.1, 0.15) is 21.7 Å². The predicted molar refractivity (Wildman–Crippen MR) is 69.9 cm³/mol. The van der Waals surface area contributed by atoms with Crippen molar-refractivity contribution in [1.82, 2.24) is 14.8 Å². The number of carboxylic acids is 1. The fourth-order valence-corrected chi connectivity index (χ4v) is 1.85. The van der Waals surface area contributed by atoms with Crippen LogP contribution in [0.3, 0.4) is 0 Å². The molecule has 2 aromatic heterocycles. The number of anilines is 1. The van der Waals surface area contributed by atoms with Crippen LogP contribution in [0.4, 0.5) is 5.69 Å². The van der Waals surface area contributed by atoms with Gasteiger partial charge in [-0.05, 0) is 35.8 Å². The van der Waals surface area contributed by atoms with Gasteiger partial charge in [0.2, 0.25) is 0 Å². The molecular weight excluding hydrogens is 300 g/mol. The zero-order valence-electron chi connectivity index (χ0n) is 9.81. The van der Waals surface area contributed by atoms with Gasteiger partial charge in [-0.25, -0.2) is 14.5 Å². The van der Waals surface area contributed by atoms with Gasteiger partial charge in [0.25, 0.3) is 0 Å². The Balaban J connectivity index is 2.61. The largest absolute Gasteiger partial charge is 0.478 e. The highest BCUT2D eigenvalue weighted by Gasteiger charge is 2.15. The molecule has 0 unspecified atom stereocenters. The van der Waals surface area contributed by atoms with E-state index in [1.54, 1.807) is 4.68 Å². The van der Waals surface area contributed by atoms with Crippen molar-refractivity contribution in [3.8, 4) is 5.82 Å². The van der Waals surface area contributed by atoms with Crippen molar-refractivity contribution < 1.29 is 9.90 Å². The lowest BCUT2D eigenvalue weighted by Crippen LogP contribution is -2.08. The second kappa shape index (κ2) is 4.41. The van der Waals surface area contributed by atoms with E-state index in [-0.39, 0.29) is 11.3 Å². The van der Waals surface area contributed by atoms with Crippen LogP contribution >= 0.6 is 15.9 Å². The van der Waals surface area contributed by atoms with E-state index < -0.39 is 5.97 Å². The van der Waals surface area contributed by atoms with Crippen molar-refractivity contribution in [3.63, 3.8) is 0 Å². The zero-order chi connectivity index (χ0) is 13.4. The number of aromatic nitrogens is 3. The first kappa shape index (κ1) is 12.6. The molecule has 0 radical (unpaired) electrons. The maximum atomic E-state index is 11.0. The Morgan fingerprint density at radius 3 is 2.67 bits per heavy atom. The van der Waals surface area contributed by atoms with E-state index in [1.165, 1.54) is 12.3 Å². The number of carboxylic acid groups (broad SMARTS) is 1. The molecule has 0 fully saturated rings. The minimum absolute atomic E-state index is 0.0173. The quantitative estimate of drug-likeness (QED) is 0.884. The first-order valence-corrected chi connectivity index (χ1v) is 5.92. The molecule has 7 heteroatoms. The first-order chi connectivity index (χ1) is 8.41. The molecule has 0 saturated carbocycles. The molecule has 0 aliphatic carbocycles. The van der Waals surface area contributed by atoms with Crippen LogP contribution in [-0.4, -0.2) is 25.8 Å². The van der Waals surface area contributed by atoms with Crippen molar-refractivity contribution in [1.29, 1.82) is 0 Å². The molecule has 2 rings (SSSR count). The van der Waals surface area contributed by atoms with Crippen molar-refractivity contribution >= 4 is 27.6 Å². The van der Waals surface area contributed by atoms with Crippen LogP contribution in [0.5, 0.6) is 0 Å². The van der Waals surface area contributed by atoms with Crippen molar-refractivity contribution in [2.24, 2.45) is 0 Å². The first-order valence-electron chi connectivity index (χ1n) is 5.12. The van der Waals surface area contributed by atoms with Crippen LogP contribution in [0, 0.1) is 13.8 Å². The van der Waals surface area contributed by atoms with Gasteiger partial charge in [0, 0.05) is 0 Å². The second-order valence-corrected chi connectivity index (χ2v) is 4.62. The minimum Gasteiger partial charge on any atom is -0.478 e. The smallest absolute Gasteiger partial charge is 0.337 e. The summed E-state index contributed by atoms with van der Waals surface area (Å²) < 4.78 is 2.45. The standard InChI is InChI=1S/C11H11BrN4O2/c1-5-10(12)6(2)16(15-5)9-3-7(11(17)18)8(13)4-14-9/h3-4H,13H2,1-2H3,(H,17,18). The number of hydrogen-bond donors (Lipinski definition) is 2. The topological polar surface area (TPSA) is 94.0 Å². The van der Waals surface area contributed by atoms with E-state index in [1.807, 2.05) is 13.8 Å². The number of pyridine rings is 1. The second-order valence-electron chi connectivity index (χ2n) is 3.83. The summed E-state index contributed by atoms with van der Waals surface area (Å²) in [4.78, 5) is 15.1. The summed E-state index contributed by atoms with van der Waals surface area (Å²) in [6.07, 6.45) is 1.32. The molecule has 0 bridgehead atoms. The summed E-state index contributed by atoms with van der Waals surface area (Å²) in [6.45, 7) is 3.71. The number of hydrogen-bond acceptors (Lipinski definition) is 4. The summed E-state index contributed by atoms with van der Waals surface area (Å²) in [5.74, 6) is -0.662. The van der Waals surface area contributed by atoms with Gasteiger partial charge in [0.1, 0.15) is 0 Å². The Hall–Kier alpha value is -1.89. The SMILES string of the molecule is Cc1nn(-c2cc(C(=O)O)c(N)cn2)c(C)c1Br. The summed E-state index contributed by atoms with van der Waals surface area (Å²) in [7, 11) is 0. The lowest BCUT2D eigenvalue weighted by molar-refractivity contribution is 0.0698. The van der Waals surface area contributed by atoms with E-state index in [0.717, 1.165) is 15.9 Å². The highest BCUT2D eigenvalue weighted by Crippen LogP contribution is 2.23. The van der Waals surface area contributed by atoms with Crippen molar-refractivity contribution in [2.45, 2.75) is 13.8 Å². The van der Waals surface area contributed by atoms with Crippen molar-refractivity contribution in [2.75, 3.05) is 5.73 Å². The molecule has 0 aliphatic rings. The number of aromatic carboxylic acids is 1. The molecule has 0 aromatic carbocycles. The third-order valence-electron chi connectivity index (χ3n) is 2.57. The Morgan fingerprint density at radius 2 is 2.17 bits per heavy atom. The van der Waals surface area contributed by atoms with Crippen LogP contribution in [0.25, 0.3) is 5.82 Å². The molecule has 0 aliphatic heterocycles. The highest BCUT2D eigenvalue weighted by molar-refractivity contribution is 9.10. The molecule has 6 nitrogen and oxygen atoms in total. The van der Waals surface area contributed by atoms with Gasteiger partial charge in [0.15, 0.2) is 5.82 Å². The predicted octanol–water partition coefficient (Wildman–Crippen LogP) is 1.93. The van der Waals surface area contributed by atoms with Gasteiger partial charge >= 0.3 is 5.97 Å². The highest BCUT2D eigenvalue weighted by atomic mass is 79.9. The van der Waals surface area contributed by atoms with Gasteiger partial charge < -0.3 is 10.8 Å². The Kier molecular flexibility index (Phi) is 3.08. The number of nitrogen functional groups attached to an aromatic ring is 1. The number of nitrogens with two attached hydrogens (primary N) is 1. The molecule has 2 heterocycles. The van der Waals surface area contributed by atoms with E-state index in [2.05, 4.69) is 26.0 Å². The molecule has 3 N–H and O–H groups in total. The Morgan fingerprint density at radius 1 is 1.50 bits per heavy atom. The van der Waals surface area contributed by atoms with E-state index in [4.69, 9.17) is 10.8 Å². The maximum Gasteiger partial charge on any atom is 0.337 e. The number of carbonyl (C=O) groups is 1. The van der Waals surface area contributed by atoms with Crippen molar-refractivity contribution in [3.05, 3.63) is 33.7 Å². The van der Waals surface area contributed by atoms with Gasteiger partial charge in [-0.1, -0.05) is 0 Å². The van der Waals surface area contributed by atoms with Gasteiger partial charge in [-0.3, -0.25) is 0 Å². The number of aryl methyl sites for hydroxylation is 1. The van der Waals surface area contributed by atoms with Crippen LogP contribution < -0.4 is 5.73 Å². The molecule has 94 valence electrons. The number of rotatable bonds is 2. The van der Waals surface area contributed by atoms with Gasteiger partial charge in [0.05, 0.1) is 33.3 Å². The fourth-order valence-electron chi connectivity index (χ4n) is 1.60. The summed E-state index contributed by atoms with van der Waals surface area (Å²) in [6, 6.07) is 1.41. The van der Waals surface area contributed by atoms with Crippen LogP contribution in [-0.2, 0) is 0 Å². The lowest BCUT2D eigenvalue weighted by atomic mass is 10.2. The van der Waals surface area contributed by atoms with Gasteiger partial charge in [-0.2, -0.15) is 5.10 Å². The van der Waals surface area contributed by atoms with Gasteiger partial charge in [-0.15, -0.1) is 0 Å². The van der Waals surface area contributed by atoms with Crippen LogP contribution in [0.2, 0.25) is 0 Å². The lowest BCUT2D eigenvalue weighted by Gasteiger charge is -2.06. The van der Waals surface area contributed by atoms with E-state index in [0.29, 0.717) is 5.82 Å². The minimum atomic E-state index is -1.09. The number of halogens is 1. The Bertz CT molecular complexity index is 636. The number of nitrogens with zero attached hydrogens (tertiary/aromatic N) is 3. The zero-order valence-corrected chi connectivity index (χ0v) is 11.4.